The Hall–Kier alpha value is -2.77. The fourth-order valence-corrected chi connectivity index (χ4v) is 2.47. The van der Waals surface area contributed by atoms with Crippen molar-refractivity contribution < 1.29 is 13.9 Å². The van der Waals surface area contributed by atoms with Crippen molar-refractivity contribution in [3.8, 4) is 0 Å². The van der Waals surface area contributed by atoms with E-state index in [0.29, 0.717) is 22.8 Å². The summed E-state index contributed by atoms with van der Waals surface area (Å²) in [6, 6.07) is 5.35. The number of carbonyl (C=O) groups is 1. The van der Waals surface area contributed by atoms with Crippen molar-refractivity contribution in [1.29, 1.82) is 0 Å². The van der Waals surface area contributed by atoms with Gasteiger partial charge in [-0.1, -0.05) is 17.2 Å². The first-order valence-electron chi connectivity index (χ1n) is 6.80. The number of tetrazole rings is 1. The molecule has 0 aliphatic carbocycles. The molecule has 1 atom stereocenters. The number of fused-ring (bicyclic) bond motifs is 1. The maximum Gasteiger partial charge on any atom is 0.338 e. The molecule has 0 fully saturated rings. The van der Waals surface area contributed by atoms with Gasteiger partial charge in [0.05, 0.1) is 12.2 Å². The number of esters is 1. The molecular weight excluding hydrogens is 289 g/mol. The van der Waals surface area contributed by atoms with Gasteiger partial charge in [0.15, 0.2) is 0 Å². The lowest BCUT2D eigenvalue weighted by molar-refractivity contribution is -0.139. The van der Waals surface area contributed by atoms with E-state index in [1.165, 1.54) is 16.8 Å². The van der Waals surface area contributed by atoms with Gasteiger partial charge < -0.3 is 10.1 Å². The Morgan fingerprint density at radius 3 is 3.05 bits per heavy atom. The normalized spacial score (nSPS) is 17.0. The molecule has 7 nitrogen and oxygen atoms in total. The zero-order valence-electron chi connectivity index (χ0n) is 12.1. The van der Waals surface area contributed by atoms with Gasteiger partial charge in [-0.05, 0) is 42.0 Å². The lowest BCUT2D eigenvalue weighted by Crippen LogP contribution is -2.29. The Morgan fingerprint density at radius 1 is 1.50 bits per heavy atom. The molecule has 3 rings (SSSR count). The third kappa shape index (κ3) is 2.32. The van der Waals surface area contributed by atoms with E-state index in [4.69, 9.17) is 4.74 Å². The fourth-order valence-electron chi connectivity index (χ4n) is 2.47. The number of anilines is 1. The zero-order chi connectivity index (χ0) is 15.7. The number of hydrogen-bond donors (Lipinski definition) is 1. The third-order valence-electron chi connectivity index (χ3n) is 3.37. The van der Waals surface area contributed by atoms with Crippen LogP contribution in [0.15, 0.2) is 35.5 Å². The quantitative estimate of drug-likeness (QED) is 0.869. The molecule has 0 radical (unpaired) electrons. The van der Waals surface area contributed by atoms with E-state index in [0.717, 1.165) is 0 Å². The molecule has 2 heterocycles. The van der Waals surface area contributed by atoms with Gasteiger partial charge in [-0.3, -0.25) is 0 Å². The minimum atomic E-state index is -0.638. The Bertz CT molecular complexity index is 755. The van der Waals surface area contributed by atoms with Crippen molar-refractivity contribution in [2.45, 2.75) is 19.9 Å². The lowest BCUT2D eigenvalue weighted by atomic mass is 9.96. The number of aromatic nitrogens is 4. The highest BCUT2D eigenvalue weighted by Crippen LogP contribution is 2.34. The first-order valence-corrected chi connectivity index (χ1v) is 6.80. The summed E-state index contributed by atoms with van der Waals surface area (Å²) in [5.74, 6) is -0.491. The van der Waals surface area contributed by atoms with Crippen molar-refractivity contribution in [3.05, 3.63) is 46.9 Å². The largest absolute Gasteiger partial charge is 0.463 e. The van der Waals surface area contributed by atoms with E-state index < -0.39 is 17.8 Å². The SMILES string of the molecule is CCOC(=O)C1=C(C)Nc2nnnn2C1c1cccc(F)c1. The maximum absolute atomic E-state index is 13.6. The summed E-state index contributed by atoms with van der Waals surface area (Å²) in [7, 11) is 0. The Kier molecular flexibility index (Phi) is 3.58. The van der Waals surface area contributed by atoms with Crippen LogP contribution < -0.4 is 5.32 Å². The number of allylic oxidation sites excluding steroid dienone is 1. The number of benzene rings is 1. The van der Waals surface area contributed by atoms with Gasteiger partial charge in [0, 0.05) is 5.70 Å². The molecule has 22 heavy (non-hydrogen) atoms. The molecule has 1 N–H and O–H groups in total. The van der Waals surface area contributed by atoms with Crippen LogP contribution in [0.3, 0.4) is 0 Å². The molecule has 1 aliphatic rings. The van der Waals surface area contributed by atoms with Gasteiger partial charge in [0.1, 0.15) is 11.9 Å². The number of rotatable bonds is 3. The van der Waals surface area contributed by atoms with Crippen molar-refractivity contribution >= 4 is 11.9 Å². The van der Waals surface area contributed by atoms with Gasteiger partial charge in [0.2, 0.25) is 5.95 Å². The van der Waals surface area contributed by atoms with Crippen LogP contribution in [0.2, 0.25) is 0 Å². The van der Waals surface area contributed by atoms with Crippen LogP contribution in [0, 0.1) is 5.82 Å². The molecule has 0 saturated heterocycles. The molecule has 114 valence electrons. The number of nitrogens with zero attached hydrogens (tertiary/aromatic N) is 4. The van der Waals surface area contributed by atoms with Crippen molar-refractivity contribution in [2.75, 3.05) is 11.9 Å². The molecule has 0 saturated carbocycles. The van der Waals surface area contributed by atoms with Gasteiger partial charge in [-0.25, -0.2) is 9.18 Å². The van der Waals surface area contributed by atoms with Gasteiger partial charge >= 0.3 is 5.97 Å². The summed E-state index contributed by atoms with van der Waals surface area (Å²) in [6.07, 6.45) is 0. The first-order chi connectivity index (χ1) is 10.6. The number of nitrogens with one attached hydrogen (secondary N) is 1. The Labute approximate surface area is 125 Å². The lowest BCUT2D eigenvalue weighted by Gasteiger charge is -2.27. The summed E-state index contributed by atoms with van der Waals surface area (Å²) in [4.78, 5) is 12.3. The monoisotopic (exact) mass is 303 g/mol. The van der Waals surface area contributed by atoms with Crippen LogP contribution in [0.5, 0.6) is 0 Å². The second-order valence-electron chi connectivity index (χ2n) is 4.79. The highest BCUT2D eigenvalue weighted by molar-refractivity contribution is 5.92. The van der Waals surface area contributed by atoms with E-state index in [9.17, 15) is 9.18 Å². The molecule has 1 unspecified atom stereocenters. The van der Waals surface area contributed by atoms with Crippen molar-refractivity contribution in [3.63, 3.8) is 0 Å². The molecular formula is C14H14FN5O2. The number of carbonyl (C=O) groups excluding carboxylic acids is 1. The average molecular weight is 303 g/mol. The highest BCUT2D eigenvalue weighted by atomic mass is 19.1. The molecule has 0 spiro atoms. The predicted molar refractivity (Wildman–Crippen MR) is 75.3 cm³/mol. The number of hydrogen-bond acceptors (Lipinski definition) is 6. The molecule has 0 bridgehead atoms. The summed E-state index contributed by atoms with van der Waals surface area (Å²) in [5, 5.41) is 14.3. The van der Waals surface area contributed by atoms with E-state index in [1.54, 1.807) is 26.0 Å². The molecule has 1 aromatic carbocycles. The van der Waals surface area contributed by atoms with E-state index >= 15 is 0 Å². The van der Waals surface area contributed by atoms with Crippen molar-refractivity contribution in [1.82, 2.24) is 20.2 Å². The fraction of sp³-hybridized carbons (Fsp3) is 0.286. The molecule has 0 amide bonds. The summed E-state index contributed by atoms with van der Waals surface area (Å²) in [6.45, 7) is 3.70. The topological polar surface area (TPSA) is 81.9 Å². The van der Waals surface area contributed by atoms with Gasteiger partial charge in [-0.15, -0.1) is 0 Å². The van der Waals surface area contributed by atoms with Crippen LogP contribution in [0.25, 0.3) is 0 Å². The van der Waals surface area contributed by atoms with Crippen molar-refractivity contribution in [2.24, 2.45) is 0 Å². The second-order valence-corrected chi connectivity index (χ2v) is 4.79. The van der Waals surface area contributed by atoms with Crippen LogP contribution >= 0.6 is 0 Å². The Balaban J connectivity index is 2.15. The minimum absolute atomic E-state index is 0.244. The second kappa shape index (κ2) is 5.55. The van der Waals surface area contributed by atoms with Crippen LogP contribution in [-0.4, -0.2) is 32.8 Å². The molecule has 2 aromatic rings. The van der Waals surface area contributed by atoms with Gasteiger partial charge in [-0.2, -0.15) is 4.68 Å². The maximum atomic E-state index is 13.6. The molecule has 1 aromatic heterocycles. The van der Waals surface area contributed by atoms with Crippen LogP contribution in [0.4, 0.5) is 10.3 Å². The van der Waals surface area contributed by atoms with E-state index in [1.807, 2.05) is 0 Å². The van der Waals surface area contributed by atoms with Crippen LogP contribution in [0.1, 0.15) is 25.5 Å². The number of halogens is 1. The third-order valence-corrected chi connectivity index (χ3v) is 3.37. The minimum Gasteiger partial charge on any atom is -0.463 e. The Morgan fingerprint density at radius 2 is 2.32 bits per heavy atom. The number of ether oxygens (including phenoxy) is 1. The first kappa shape index (κ1) is 14.2. The zero-order valence-corrected chi connectivity index (χ0v) is 12.1. The average Bonchev–Trinajstić information content (AvgIpc) is 2.93. The predicted octanol–water partition coefficient (Wildman–Crippen LogP) is 1.66. The summed E-state index contributed by atoms with van der Waals surface area (Å²) < 4.78 is 20.1. The molecule has 8 heteroatoms. The summed E-state index contributed by atoms with van der Waals surface area (Å²) >= 11 is 0. The van der Waals surface area contributed by atoms with E-state index in [-0.39, 0.29) is 6.61 Å². The van der Waals surface area contributed by atoms with E-state index in [2.05, 4.69) is 20.8 Å². The van der Waals surface area contributed by atoms with Crippen LogP contribution in [-0.2, 0) is 9.53 Å². The smallest absolute Gasteiger partial charge is 0.338 e. The summed E-state index contributed by atoms with van der Waals surface area (Å²) in [5.41, 5.74) is 1.50. The highest BCUT2D eigenvalue weighted by Gasteiger charge is 2.34. The molecule has 1 aliphatic heterocycles. The van der Waals surface area contributed by atoms with Gasteiger partial charge in [0.25, 0.3) is 0 Å². The standard InChI is InChI=1S/C14H14FN5O2/c1-3-22-13(21)11-8(2)16-14-17-18-19-20(14)12(11)9-5-4-6-10(15)7-9/h4-7,12H,3H2,1-2H3,(H,16,17,19).